The van der Waals surface area contributed by atoms with E-state index < -0.39 is 29.3 Å². The molecule has 1 amide bonds. The highest BCUT2D eigenvalue weighted by atomic mass is 19.4. The molecule has 2 bridgehead atoms. The zero-order valence-electron chi connectivity index (χ0n) is 14.9. The third-order valence-corrected chi connectivity index (χ3v) is 4.63. The predicted molar refractivity (Wildman–Crippen MR) is 88.9 cm³/mol. The number of halogens is 4. The number of ether oxygens (including phenoxy) is 1. The fraction of sp³-hybridized carbons (Fsp3) is 0.526. The molecule has 1 fully saturated rings. The van der Waals surface area contributed by atoms with Crippen LogP contribution in [0.4, 0.5) is 22.4 Å². The normalized spacial score (nSPS) is 23.0. The Hall–Kier alpha value is -2.05. The topological polar surface area (TPSA) is 29.5 Å². The Balaban J connectivity index is 1.93. The maximum Gasteiger partial charge on any atom is 0.416 e. The second-order valence-corrected chi connectivity index (χ2v) is 7.77. The van der Waals surface area contributed by atoms with Gasteiger partial charge in [0.15, 0.2) is 0 Å². The van der Waals surface area contributed by atoms with Gasteiger partial charge in [0.1, 0.15) is 11.4 Å². The molecule has 2 aliphatic heterocycles. The molecule has 0 aromatic heterocycles. The molecule has 0 radical (unpaired) electrons. The average Bonchev–Trinajstić information content (AvgIpc) is 2.75. The summed E-state index contributed by atoms with van der Waals surface area (Å²) in [5, 5.41) is 0. The van der Waals surface area contributed by atoms with Crippen molar-refractivity contribution in [3.05, 3.63) is 41.2 Å². The number of fused-ring (bicyclic) bond motifs is 2. The summed E-state index contributed by atoms with van der Waals surface area (Å²) in [6.45, 7) is 5.29. The standard InChI is InChI=1S/C19H21F4NO2/c1-18(2,3)26-17(25)24-13-5-6-14(24)9-11(8-13)15-10-12(20)4-7-16(15)19(21,22)23/h4,7-8,10,13-14H,5-6,9H2,1-3H3. The second-order valence-electron chi connectivity index (χ2n) is 7.77. The quantitative estimate of drug-likeness (QED) is 0.619. The van der Waals surface area contributed by atoms with Crippen LogP contribution in [-0.2, 0) is 10.9 Å². The summed E-state index contributed by atoms with van der Waals surface area (Å²) < 4.78 is 58.9. The van der Waals surface area contributed by atoms with Gasteiger partial charge >= 0.3 is 12.3 Å². The maximum atomic E-state index is 13.6. The van der Waals surface area contributed by atoms with E-state index in [4.69, 9.17) is 4.74 Å². The predicted octanol–water partition coefficient (Wildman–Crippen LogP) is 5.40. The number of benzene rings is 1. The van der Waals surface area contributed by atoms with Crippen LogP contribution in [0.25, 0.3) is 5.57 Å². The van der Waals surface area contributed by atoms with Crippen LogP contribution in [0.2, 0.25) is 0 Å². The van der Waals surface area contributed by atoms with E-state index in [-0.39, 0.29) is 24.1 Å². The fourth-order valence-corrected chi connectivity index (χ4v) is 3.66. The molecule has 3 nitrogen and oxygen atoms in total. The first-order valence-corrected chi connectivity index (χ1v) is 8.55. The summed E-state index contributed by atoms with van der Waals surface area (Å²) in [6.07, 6.45) is -1.79. The first-order valence-electron chi connectivity index (χ1n) is 8.55. The molecule has 2 atom stereocenters. The van der Waals surface area contributed by atoms with Crippen LogP contribution in [-0.4, -0.2) is 28.7 Å². The van der Waals surface area contributed by atoms with Gasteiger partial charge in [0.25, 0.3) is 0 Å². The van der Waals surface area contributed by atoms with Gasteiger partial charge < -0.3 is 4.74 Å². The van der Waals surface area contributed by atoms with Gasteiger partial charge in [-0.1, -0.05) is 6.08 Å². The van der Waals surface area contributed by atoms with E-state index >= 15 is 0 Å². The molecule has 2 heterocycles. The van der Waals surface area contributed by atoms with Crippen molar-refractivity contribution in [1.29, 1.82) is 0 Å². The summed E-state index contributed by atoms with van der Waals surface area (Å²) in [5.74, 6) is -0.712. The first-order chi connectivity index (χ1) is 12.0. The summed E-state index contributed by atoms with van der Waals surface area (Å²) in [7, 11) is 0. The molecule has 1 saturated heterocycles. The second kappa shape index (κ2) is 6.28. The van der Waals surface area contributed by atoms with Crippen LogP contribution < -0.4 is 0 Å². The largest absolute Gasteiger partial charge is 0.444 e. The lowest BCUT2D eigenvalue weighted by molar-refractivity contribution is -0.137. The number of carbonyl (C=O) groups is 1. The fourth-order valence-electron chi connectivity index (χ4n) is 3.66. The van der Waals surface area contributed by atoms with E-state index in [2.05, 4.69) is 0 Å². The zero-order valence-corrected chi connectivity index (χ0v) is 14.9. The van der Waals surface area contributed by atoms with E-state index in [0.717, 1.165) is 18.2 Å². The number of carbonyl (C=O) groups excluding carboxylic acids is 1. The maximum absolute atomic E-state index is 13.6. The van der Waals surface area contributed by atoms with E-state index in [1.54, 1.807) is 31.7 Å². The number of nitrogens with zero attached hydrogens (tertiary/aromatic N) is 1. The van der Waals surface area contributed by atoms with Crippen molar-refractivity contribution in [3.8, 4) is 0 Å². The molecule has 142 valence electrons. The van der Waals surface area contributed by atoms with Gasteiger partial charge in [-0.2, -0.15) is 13.2 Å². The van der Waals surface area contributed by atoms with Crippen molar-refractivity contribution < 1.29 is 27.1 Å². The number of alkyl halides is 3. The molecule has 0 aliphatic carbocycles. The van der Waals surface area contributed by atoms with Gasteiger partial charge in [-0.25, -0.2) is 9.18 Å². The number of hydrogen-bond acceptors (Lipinski definition) is 2. The lowest BCUT2D eigenvalue weighted by atomic mass is 9.91. The van der Waals surface area contributed by atoms with E-state index in [1.165, 1.54) is 0 Å². The number of amides is 1. The third-order valence-electron chi connectivity index (χ3n) is 4.63. The molecule has 2 aliphatic rings. The lowest BCUT2D eigenvalue weighted by Gasteiger charge is -2.35. The third kappa shape index (κ3) is 3.71. The van der Waals surface area contributed by atoms with Gasteiger partial charge in [0.05, 0.1) is 11.6 Å². The molecule has 2 unspecified atom stereocenters. The summed E-state index contributed by atoms with van der Waals surface area (Å²) in [4.78, 5) is 14.0. The van der Waals surface area contributed by atoms with Crippen molar-refractivity contribution in [2.75, 3.05) is 0 Å². The average molecular weight is 371 g/mol. The highest BCUT2D eigenvalue weighted by molar-refractivity contribution is 5.76. The van der Waals surface area contributed by atoms with Crippen molar-refractivity contribution >= 4 is 11.7 Å². The van der Waals surface area contributed by atoms with Crippen LogP contribution >= 0.6 is 0 Å². The molecule has 1 aromatic carbocycles. The van der Waals surface area contributed by atoms with E-state index in [1.807, 2.05) is 0 Å². The minimum atomic E-state index is -4.56. The molecule has 7 heteroatoms. The molecule has 0 saturated carbocycles. The monoisotopic (exact) mass is 371 g/mol. The Kier molecular flexibility index (Phi) is 4.53. The van der Waals surface area contributed by atoms with Gasteiger partial charge in [0, 0.05) is 6.04 Å². The van der Waals surface area contributed by atoms with Crippen molar-refractivity contribution in [2.45, 2.75) is 63.9 Å². The lowest BCUT2D eigenvalue weighted by Crippen LogP contribution is -2.45. The van der Waals surface area contributed by atoms with Crippen molar-refractivity contribution in [3.63, 3.8) is 0 Å². The van der Waals surface area contributed by atoms with Crippen LogP contribution in [0, 0.1) is 5.82 Å². The van der Waals surface area contributed by atoms with Crippen LogP contribution in [0.5, 0.6) is 0 Å². The SMILES string of the molecule is CC(C)(C)OC(=O)N1C2C=C(c3cc(F)ccc3C(F)(F)F)CC1CC2. The van der Waals surface area contributed by atoms with Crippen molar-refractivity contribution in [1.82, 2.24) is 4.90 Å². The Morgan fingerprint density at radius 1 is 1.19 bits per heavy atom. The van der Waals surface area contributed by atoms with E-state index in [9.17, 15) is 22.4 Å². The highest BCUT2D eigenvalue weighted by Crippen LogP contribution is 2.43. The highest BCUT2D eigenvalue weighted by Gasteiger charge is 2.43. The minimum absolute atomic E-state index is 0.141. The molecule has 3 rings (SSSR count). The molecule has 26 heavy (non-hydrogen) atoms. The summed E-state index contributed by atoms with van der Waals surface area (Å²) >= 11 is 0. The van der Waals surface area contributed by atoms with Crippen LogP contribution in [0.1, 0.15) is 51.2 Å². The van der Waals surface area contributed by atoms with Gasteiger partial charge in [-0.15, -0.1) is 0 Å². The van der Waals surface area contributed by atoms with Crippen molar-refractivity contribution in [2.24, 2.45) is 0 Å². The van der Waals surface area contributed by atoms with E-state index in [0.29, 0.717) is 18.4 Å². The summed E-state index contributed by atoms with van der Waals surface area (Å²) in [5.41, 5.74) is -1.20. The molecule has 0 spiro atoms. The smallest absolute Gasteiger partial charge is 0.416 e. The molecular formula is C19H21F4NO2. The first kappa shape index (κ1) is 18.7. The van der Waals surface area contributed by atoms with Crippen LogP contribution in [0.3, 0.4) is 0 Å². The van der Waals surface area contributed by atoms with Gasteiger partial charge in [-0.3, -0.25) is 4.90 Å². The molecule has 0 N–H and O–H groups in total. The number of rotatable bonds is 1. The Labute approximate surface area is 149 Å². The van der Waals surface area contributed by atoms with Crippen LogP contribution in [0.15, 0.2) is 24.3 Å². The van der Waals surface area contributed by atoms with Gasteiger partial charge in [-0.05, 0) is 69.4 Å². The summed E-state index contributed by atoms with van der Waals surface area (Å²) in [6, 6.07) is 1.95. The zero-order chi connectivity index (χ0) is 19.3. The number of hydrogen-bond donors (Lipinski definition) is 0. The Morgan fingerprint density at radius 3 is 2.46 bits per heavy atom. The Morgan fingerprint density at radius 2 is 1.88 bits per heavy atom. The minimum Gasteiger partial charge on any atom is -0.444 e. The molecular weight excluding hydrogens is 350 g/mol. The van der Waals surface area contributed by atoms with Gasteiger partial charge in [0.2, 0.25) is 0 Å². The Bertz CT molecular complexity index is 749. The molecule has 1 aromatic rings.